The topological polar surface area (TPSA) is 101 Å². The Kier molecular flexibility index (Phi) is 3.77. The molecular formula is C12H14O6S. The van der Waals surface area contributed by atoms with Crippen LogP contribution in [0.3, 0.4) is 0 Å². The van der Waals surface area contributed by atoms with E-state index in [1.807, 2.05) is 0 Å². The van der Waals surface area contributed by atoms with Crippen molar-refractivity contribution in [2.75, 3.05) is 11.5 Å². The Labute approximate surface area is 110 Å². The smallest absolute Gasteiger partial charge is 0.307 e. The van der Waals surface area contributed by atoms with Crippen LogP contribution < -0.4 is 4.74 Å². The van der Waals surface area contributed by atoms with Crippen molar-refractivity contribution in [3.8, 4) is 5.75 Å². The minimum Gasteiger partial charge on any atom is -0.487 e. The molecule has 2 N–H and O–H groups in total. The van der Waals surface area contributed by atoms with Crippen LogP contribution in [0.2, 0.25) is 0 Å². The van der Waals surface area contributed by atoms with Gasteiger partial charge in [-0.2, -0.15) is 0 Å². The third-order valence-corrected chi connectivity index (χ3v) is 4.52. The molecule has 2 rings (SSSR count). The monoisotopic (exact) mass is 286 g/mol. The van der Waals surface area contributed by atoms with Gasteiger partial charge in [0.25, 0.3) is 0 Å². The number of rotatable bonds is 4. The summed E-state index contributed by atoms with van der Waals surface area (Å²) in [7, 11) is -3.24. The highest BCUT2D eigenvalue weighted by molar-refractivity contribution is 7.91. The molecule has 2 atom stereocenters. The molecule has 1 heterocycles. The minimum atomic E-state index is -3.24. The van der Waals surface area contributed by atoms with Crippen LogP contribution in [-0.2, 0) is 21.1 Å². The SMILES string of the molecule is O=C(O)Cc1ccc(OC2CS(=O)(=O)CC2O)cc1. The second kappa shape index (κ2) is 5.18. The summed E-state index contributed by atoms with van der Waals surface area (Å²) in [5, 5.41) is 18.2. The van der Waals surface area contributed by atoms with Gasteiger partial charge in [-0.3, -0.25) is 4.79 Å². The van der Waals surface area contributed by atoms with E-state index in [4.69, 9.17) is 9.84 Å². The van der Waals surface area contributed by atoms with Crippen molar-refractivity contribution in [3.63, 3.8) is 0 Å². The molecule has 0 amide bonds. The number of aliphatic hydroxyl groups excluding tert-OH is 1. The molecule has 1 saturated heterocycles. The quantitative estimate of drug-likeness (QED) is 0.798. The Bertz CT molecular complexity index is 562. The molecule has 1 aromatic rings. The fourth-order valence-corrected chi connectivity index (χ4v) is 3.61. The van der Waals surface area contributed by atoms with Gasteiger partial charge in [0.2, 0.25) is 0 Å². The van der Waals surface area contributed by atoms with Crippen molar-refractivity contribution in [2.24, 2.45) is 0 Å². The molecule has 6 nitrogen and oxygen atoms in total. The highest BCUT2D eigenvalue weighted by Gasteiger charge is 2.38. The van der Waals surface area contributed by atoms with Crippen LogP contribution in [0.25, 0.3) is 0 Å². The number of sulfone groups is 1. The predicted octanol–water partition coefficient (Wildman–Crippen LogP) is -0.150. The normalized spacial score (nSPS) is 25.1. The van der Waals surface area contributed by atoms with Crippen LogP contribution in [0.4, 0.5) is 0 Å². The van der Waals surface area contributed by atoms with E-state index in [0.717, 1.165) is 0 Å². The lowest BCUT2D eigenvalue weighted by Crippen LogP contribution is -2.29. The molecule has 0 aromatic heterocycles. The van der Waals surface area contributed by atoms with Gasteiger partial charge in [-0.25, -0.2) is 8.42 Å². The molecule has 1 fully saturated rings. The zero-order valence-electron chi connectivity index (χ0n) is 10.0. The van der Waals surface area contributed by atoms with E-state index >= 15 is 0 Å². The minimum absolute atomic E-state index is 0.0826. The van der Waals surface area contributed by atoms with Crippen LogP contribution in [0.5, 0.6) is 5.75 Å². The van der Waals surface area contributed by atoms with Gasteiger partial charge in [-0.1, -0.05) is 12.1 Å². The number of carbonyl (C=O) groups is 1. The van der Waals surface area contributed by atoms with Gasteiger partial charge in [0.15, 0.2) is 9.84 Å². The number of hydrogen-bond acceptors (Lipinski definition) is 5. The standard InChI is InChI=1S/C12H14O6S/c13-10-6-19(16,17)7-11(10)18-9-3-1-8(2-4-9)5-12(14)15/h1-4,10-11,13H,5-7H2,(H,14,15). The van der Waals surface area contributed by atoms with E-state index in [2.05, 4.69) is 0 Å². The van der Waals surface area contributed by atoms with Gasteiger partial charge in [0.05, 0.1) is 17.9 Å². The van der Waals surface area contributed by atoms with Crippen molar-refractivity contribution in [1.82, 2.24) is 0 Å². The average Bonchev–Trinajstić information content (AvgIpc) is 2.54. The van der Waals surface area contributed by atoms with Crippen molar-refractivity contribution >= 4 is 15.8 Å². The third kappa shape index (κ3) is 3.68. The van der Waals surface area contributed by atoms with Gasteiger partial charge < -0.3 is 14.9 Å². The predicted molar refractivity (Wildman–Crippen MR) is 66.9 cm³/mol. The zero-order valence-corrected chi connectivity index (χ0v) is 10.8. The number of carboxylic acids is 1. The van der Waals surface area contributed by atoms with Crippen molar-refractivity contribution in [3.05, 3.63) is 29.8 Å². The maximum Gasteiger partial charge on any atom is 0.307 e. The number of ether oxygens (including phenoxy) is 1. The first-order valence-electron chi connectivity index (χ1n) is 5.71. The van der Waals surface area contributed by atoms with Crippen LogP contribution in [-0.4, -0.2) is 48.3 Å². The van der Waals surface area contributed by atoms with Crippen LogP contribution >= 0.6 is 0 Å². The molecule has 2 unspecified atom stereocenters. The average molecular weight is 286 g/mol. The fraction of sp³-hybridized carbons (Fsp3) is 0.417. The Hall–Kier alpha value is -1.60. The van der Waals surface area contributed by atoms with Gasteiger partial charge in [0.1, 0.15) is 18.0 Å². The van der Waals surface area contributed by atoms with E-state index in [1.54, 1.807) is 24.3 Å². The lowest BCUT2D eigenvalue weighted by Gasteiger charge is -2.15. The van der Waals surface area contributed by atoms with E-state index in [0.29, 0.717) is 11.3 Å². The van der Waals surface area contributed by atoms with E-state index in [1.165, 1.54) is 0 Å². The van der Waals surface area contributed by atoms with E-state index in [9.17, 15) is 18.3 Å². The number of hydrogen-bond donors (Lipinski definition) is 2. The summed E-state index contributed by atoms with van der Waals surface area (Å²) < 4.78 is 28.0. The molecule has 0 aliphatic carbocycles. The fourth-order valence-electron chi connectivity index (χ4n) is 1.94. The molecule has 0 saturated carbocycles. The summed E-state index contributed by atoms with van der Waals surface area (Å²) in [5.41, 5.74) is 0.624. The first-order valence-corrected chi connectivity index (χ1v) is 7.54. The van der Waals surface area contributed by atoms with Crippen LogP contribution in [0, 0.1) is 0 Å². The zero-order chi connectivity index (χ0) is 14.0. The van der Waals surface area contributed by atoms with Gasteiger partial charge in [-0.05, 0) is 17.7 Å². The molecule has 1 aliphatic heterocycles. The number of carboxylic acid groups (broad SMARTS) is 1. The molecular weight excluding hydrogens is 272 g/mol. The van der Waals surface area contributed by atoms with Crippen LogP contribution in [0.15, 0.2) is 24.3 Å². The van der Waals surface area contributed by atoms with E-state index < -0.39 is 28.0 Å². The number of aliphatic carboxylic acids is 1. The first kappa shape index (κ1) is 13.8. The summed E-state index contributed by atoms with van der Waals surface area (Å²) in [6.45, 7) is 0. The first-order chi connectivity index (χ1) is 8.85. The molecule has 1 aromatic carbocycles. The Balaban J connectivity index is 2.02. The molecule has 7 heteroatoms. The third-order valence-electron chi connectivity index (χ3n) is 2.84. The summed E-state index contributed by atoms with van der Waals surface area (Å²) in [6, 6.07) is 6.32. The molecule has 0 radical (unpaired) electrons. The second-order valence-electron chi connectivity index (χ2n) is 4.52. The largest absolute Gasteiger partial charge is 0.487 e. The van der Waals surface area contributed by atoms with Crippen molar-refractivity contribution in [2.45, 2.75) is 18.6 Å². The van der Waals surface area contributed by atoms with Gasteiger partial charge >= 0.3 is 5.97 Å². The highest BCUT2D eigenvalue weighted by atomic mass is 32.2. The van der Waals surface area contributed by atoms with Crippen molar-refractivity contribution < 1.29 is 28.2 Å². The second-order valence-corrected chi connectivity index (χ2v) is 6.67. The van der Waals surface area contributed by atoms with E-state index in [-0.39, 0.29) is 17.9 Å². The lowest BCUT2D eigenvalue weighted by molar-refractivity contribution is -0.136. The number of benzene rings is 1. The molecule has 0 spiro atoms. The molecule has 0 bridgehead atoms. The van der Waals surface area contributed by atoms with Gasteiger partial charge in [0, 0.05) is 0 Å². The molecule has 19 heavy (non-hydrogen) atoms. The maximum atomic E-state index is 11.3. The maximum absolute atomic E-state index is 11.3. The highest BCUT2D eigenvalue weighted by Crippen LogP contribution is 2.20. The van der Waals surface area contributed by atoms with Crippen molar-refractivity contribution in [1.29, 1.82) is 0 Å². The Morgan fingerprint density at radius 2 is 1.89 bits per heavy atom. The Morgan fingerprint density at radius 3 is 2.37 bits per heavy atom. The summed E-state index contributed by atoms with van der Waals surface area (Å²) in [6.07, 6.45) is -1.88. The summed E-state index contributed by atoms with van der Waals surface area (Å²) in [4.78, 5) is 10.5. The summed E-state index contributed by atoms with van der Waals surface area (Å²) >= 11 is 0. The Morgan fingerprint density at radius 1 is 1.26 bits per heavy atom. The molecule has 1 aliphatic rings. The molecule has 104 valence electrons. The van der Waals surface area contributed by atoms with Crippen LogP contribution in [0.1, 0.15) is 5.56 Å². The number of aliphatic hydroxyl groups is 1. The summed E-state index contributed by atoms with van der Waals surface area (Å²) in [5.74, 6) is -0.999. The van der Waals surface area contributed by atoms with Gasteiger partial charge in [-0.15, -0.1) is 0 Å². The lowest BCUT2D eigenvalue weighted by atomic mass is 10.1.